The number of fused-ring (bicyclic) bond motifs is 1. The molecule has 66 valence electrons. The second-order valence-electron chi connectivity index (χ2n) is 3.24. The van der Waals surface area contributed by atoms with Crippen LogP contribution in [-0.4, -0.2) is 0 Å². The predicted octanol–water partition coefficient (Wildman–Crippen LogP) is 3.83. The van der Waals surface area contributed by atoms with Gasteiger partial charge in [0.2, 0.25) is 0 Å². The molecule has 2 aromatic rings. The molecule has 0 nitrogen and oxygen atoms in total. The highest BCUT2D eigenvalue weighted by molar-refractivity contribution is 7.80. The van der Waals surface area contributed by atoms with Crippen LogP contribution in [0.4, 0.5) is 0 Å². The van der Waals surface area contributed by atoms with Gasteiger partial charge in [0.1, 0.15) is 0 Å². The molecule has 0 fully saturated rings. The number of hydrogen-bond donors (Lipinski definition) is 1. The maximum Gasteiger partial charge on any atom is 0.0245 e. The van der Waals surface area contributed by atoms with E-state index in [0.717, 1.165) is 0 Å². The summed E-state index contributed by atoms with van der Waals surface area (Å²) in [4.78, 5) is 0. The second kappa shape index (κ2) is 3.43. The molecule has 0 aliphatic heterocycles. The number of rotatable bonds is 1. The summed E-state index contributed by atoms with van der Waals surface area (Å²) >= 11 is 4.46. The van der Waals surface area contributed by atoms with Crippen LogP contribution in [0.2, 0.25) is 0 Å². The van der Waals surface area contributed by atoms with Gasteiger partial charge in [-0.1, -0.05) is 42.5 Å². The zero-order valence-electron chi connectivity index (χ0n) is 7.57. The summed E-state index contributed by atoms with van der Waals surface area (Å²) in [5.41, 5.74) is 1.31. The molecule has 0 heterocycles. The van der Waals surface area contributed by atoms with Crippen LogP contribution in [0.5, 0.6) is 0 Å². The van der Waals surface area contributed by atoms with Gasteiger partial charge in [-0.15, -0.1) is 0 Å². The van der Waals surface area contributed by atoms with Gasteiger partial charge >= 0.3 is 0 Å². The average Bonchev–Trinajstić information content (AvgIpc) is 2.17. The summed E-state index contributed by atoms with van der Waals surface area (Å²) in [6, 6.07) is 14.8. The van der Waals surface area contributed by atoms with Crippen molar-refractivity contribution in [3.05, 3.63) is 48.0 Å². The van der Waals surface area contributed by atoms with Gasteiger partial charge in [-0.25, -0.2) is 0 Å². The lowest BCUT2D eigenvalue weighted by atomic mass is 10.0. The minimum atomic E-state index is 0.297. The Morgan fingerprint density at radius 1 is 1.00 bits per heavy atom. The fraction of sp³-hybridized carbons (Fsp3) is 0.167. The maximum atomic E-state index is 4.46. The average molecular weight is 188 g/mol. The zero-order chi connectivity index (χ0) is 9.26. The summed E-state index contributed by atoms with van der Waals surface area (Å²) in [5.74, 6) is 0. The van der Waals surface area contributed by atoms with E-state index in [1.807, 2.05) is 0 Å². The molecule has 0 aromatic heterocycles. The fourth-order valence-corrected chi connectivity index (χ4v) is 1.84. The third-order valence-corrected chi connectivity index (χ3v) is 2.55. The van der Waals surface area contributed by atoms with E-state index in [1.54, 1.807) is 0 Å². The van der Waals surface area contributed by atoms with Gasteiger partial charge < -0.3 is 0 Å². The van der Waals surface area contributed by atoms with Crippen LogP contribution in [0.1, 0.15) is 17.7 Å². The van der Waals surface area contributed by atoms with Crippen LogP contribution in [0, 0.1) is 0 Å². The smallest absolute Gasteiger partial charge is 0.0245 e. The van der Waals surface area contributed by atoms with Gasteiger partial charge in [0, 0.05) is 5.25 Å². The third-order valence-electron chi connectivity index (χ3n) is 2.27. The van der Waals surface area contributed by atoms with Gasteiger partial charge in [0.05, 0.1) is 0 Å². The molecular weight excluding hydrogens is 176 g/mol. The van der Waals surface area contributed by atoms with Gasteiger partial charge in [-0.2, -0.15) is 12.6 Å². The van der Waals surface area contributed by atoms with Crippen LogP contribution in [0.3, 0.4) is 0 Å². The molecule has 1 unspecified atom stereocenters. The minimum absolute atomic E-state index is 0.297. The van der Waals surface area contributed by atoms with E-state index in [9.17, 15) is 0 Å². The minimum Gasteiger partial charge on any atom is -0.171 e. The molecule has 0 saturated carbocycles. The lowest BCUT2D eigenvalue weighted by Gasteiger charge is -2.08. The first-order chi connectivity index (χ1) is 6.29. The number of thiol groups is 1. The van der Waals surface area contributed by atoms with Crippen LogP contribution in [0.15, 0.2) is 42.5 Å². The zero-order valence-corrected chi connectivity index (χ0v) is 8.46. The largest absolute Gasteiger partial charge is 0.171 e. The molecule has 2 rings (SSSR count). The van der Waals surface area contributed by atoms with E-state index >= 15 is 0 Å². The molecule has 0 aliphatic carbocycles. The van der Waals surface area contributed by atoms with Crippen molar-refractivity contribution in [2.45, 2.75) is 12.2 Å². The standard InChI is InChI=1S/C12H12S/c1-9(13)11-8-4-6-10-5-2-3-7-12(10)11/h2-9,13H,1H3. The normalized spacial score (nSPS) is 13.1. The van der Waals surface area contributed by atoms with Gasteiger partial charge in [-0.3, -0.25) is 0 Å². The highest BCUT2D eigenvalue weighted by Crippen LogP contribution is 2.27. The highest BCUT2D eigenvalue weighted by Gasteiger charge is 2.03. The van der Waals surface area contributed by atoms with Crippen molar-refractivity contribution >= 4 is 23.4 Å². The Balaban J connectivity index is 2.76. The monoisotopic (exact) mass is 188 g/mol. The topological polar surface area (TPSA) is 0 Å². The molecule has 0 saturated heterocycles. The van der Waals surface area contributed by atoms with Crippen molar-refractivity contribution in [1.29, 1.82) is 0 Å². The molecule has 0 aliphatic rings. The SMILES string of the molecule is CC(S)c1cccc2ccccc12. The lowest BCUT2D eigenvalue weighted by molar-refractivity contribution is 1.13. The molecular formula is C12H12S. The van der Waals surface area contributed by atoms with E-state index in [4.69, 9.17) is 0 Å². The van der Waals surface area contributed by atoms with Crippen LogP contribution in [0.25, 0.3) is 10.8 Å². The quantitative estimate of drug-likeness (QED) is 0.646. The maximum absolute atomic E-state index is 4.46. The van der Waals surface area contributed by atoms with Gasteiger partial charge in [-0.05, 0) is 23.3 Å². The van der Waals surface area contributed by atoms with Gasteiger partial charge in [0.15, 0.2) is 0 Å². The van der Waals surface area contributed by atoms with Crippen LogP contribution in [-0.2, 0) is 0 Å². The van der Waals surface area contributed by atoms with Crippen molar-refractivity contribution in [2.75, 3.05) is 0 Å². The van der Waals surface area contributed by atoms with Gasteiger partial charge in [0.25, 0.3) is 0 Å². The lowest BCUT2D eigenvalue weighted by Crippen LogP contribution is -1.85. The summed E-state index contributed by atoms with van der Waals surface area (Å²) in [6.45, 7) is 2.10. The first kappa shape index (κ1) is 8.64. The van der Waals surface area contributed by atoms with E-state index < -0.39 is 0 Å². The Morgan fingerprint density at radius 2 is 1.69 bits per heavy atom. The molecule has 0 amide bonds. The van der Waals surface area contributed by atoms with Crippen LogP contribution >= 0.6 is 12.6 Å². The highest BCUT2D eigenvalue weighted by atomic mass is 32.1. The molecule has 0 spiro atoms. The van der Waals surface area contributed by atoms with E-state index in [-0.39, 0.29) is 0 Å². The Bertz CT molecular complexity index is 413. The van der Waals surface area contributed by atoms with E-state index in [0.29, 0.717) is 5.25 Å². The first-order valence-electron chi connectivity index (χ1n) is 4.45. The molecule has 1 atom stereocenters. The fourth-order valence-electron chi connectivity index (χ4n) is 1.61. The van der Waals surface area contributed by atoms with Crippen molar-refractivity contribution in [1.82, 2.24) is 0 Å². The Labute approximate surface area is 84.0 Å². The molecule has 0 radical (unpaired) electrons. The summed E-state index contributed by atoms with van der Waals surface area (Å²) in [6.07, 6.45) is 0. The molecule has 1 heteroatoms. The third kappa shape index (κ3) is 1.56. The second-order valence-corrected chi connectivity index (χ2v) is 4.02. The molecule has 0 N–H and O–H groups in total. The van der Waals surface area contributed by atoms with E-state index in [2.05, 4.69) is 62.0 Å². The first-order valence-corrected chi connectivity index (χ1v) is 4.96. The Kier molecular flexibility index (Phi) is 2.28. The van der Waals surface area contributed by atoms with Crippen molar-refractivity contribution < 1.29 is 0 Å². The van der Waals surface area contributed by atoms with Crippen molar-refractivity contribution in [3.8, 4) is 0 Å². The number of benzene rings is 2. The van der Waals surface area contributed by atoms with Crippen LogP contribution < -0.4 is 0 Å². The molecule has 13 heavy (non-hydrogen) atoms. The predicted molar refractivity (Wildman–Crippen MR) is 61.3 cm³/mol. The van der Waals surface area contributed by atoms with Crippen molar-refractivity contribution in [2.24, 2.45) is 0 Å². The number of hydrogen-bond acceptors (Lipinski definition) is 1. The summed E-state index contributed by atoms with van der Waals surface area (Å²) in [7, 11) is 0. The Morgan fingerprint density at radius 3 is 2.46 bits per heavy atom. The molecule has 2 aromatic carbocycles. The summed E-state index contributed by atoms with van der Waals surface area (Å²) < 4.78 is 0. The van der Waals surface area contributed by atoms with Crippen molar-refractivity contribution in [3.63, 3.8) is 0 Å². The molecule has 0 bridgehead atoms. The Hall–Kier alpha value is -0.950. The van der Waals surface area contributed by atoms with E-state index in [1.165, 1.54) is 16.3 Å². The summed E-state index contributed by atoms with van der Waals surface area (Å²) in [5, 5.41) is 2.90.